The predicted octanol–water partition coefficient (Wildman–Crippen LogP) is 4.63. The molecule has 0 fully saturated rings. The summed E-state index contributed by atoms with van der Waals surface area (Å²) in [6.07, 6.45) is 3.78. The number of benzene rings is 1. The van der Waals surface area contributed by atoms with Crippen LogP contribution in [0.3, 0.4) is 0 Å². The van der Waals surface area contributed by atoms with E-state index >= 15 is 0 Å². The molecule has 1 aromatic heterocycles. The van der Waals surface area contributed by atoms with Crippen molar-refractivity contribution in [3.63, 3.8) is 0 Å². The van der Waals surface area contributed by atoms with Crippen LogP contribution < -0.4 is 5.32 Å². The highest BCUT2D eigenvalue weighted by Crippen LogP contribution is 2.19. The van der Waals surface area contributed by atoms with Crippen molar-refractivity contribution in [1.82, 2.24) is 0 Å². The molecule has 0 bridgehead atoms. The van der Waals surface area contributed by atoms with Crippen molar-refractivity contribution in [3.8, 4) is 0 Å². The number of anilines is 1. The first kappa shape index (κ1) is 13.5. The molecule has 0 aliphatic heterocycles. The molecule has 2 aromatic rings. The summed E-state index contributed by atoms with van der Waals surface area (Å²) in [5.41, 5.74) is 2.52. The van der Waals surface area contributed by atoms with Gasteiger partial charge in [0.25, 0.3) is 0 Å². The van der Waals surface area contributed by atoms with Gasteiger partial charge < -0.3 is 9.73 Å². The van der Waals surface area contributed by atoms with E-state index in [1.165, 1.54) is 14.8 Å². The third-order valence-corrected chi connectivity index (χ3v) is 3.67. The minimum atomic E-state index is 0.439. The van der Waals surface area contributed by atoms with Crippen LogP contribution in [0.1, 0.15) is 24.7 Å². The Balaban J connectivity index is 1.88. The molecule has 96 valence electrons. The summed E-state index contributed by atoms with van der Waals surface area (Å²) in [5.74, 6) is 1.06. The van der Waals surface area contributed by atoms with Gasteiger partial charge in [0.15, 0.2) is 0 Å². The Labute approximate surface area is 122 Å². The van der Waals surface area contributed by atoms with Crippen LogP contribution in [0.25, 0.3) is 0 Å². The summed E-state index contributed by atoms with van der Waals surface area (Å²) in [7, 11) is 0. The minimum absolute atomic E-state index is 0.439. The monoisotopic (exact) mass is 355 g/mol. The number of nitrogens with one attached hydrogen (secondary N) is 1. The van der Waals surface area contributed by atoms with E-state index in [0.717, 1.165) is 18.6 Å². The first-order valence-electron chi connectivity index (χ1n) is 6.20. The first-order valence-corrected chi connectivity index (χ1v) is 7.28. The molecule has 3 heteroatoms. The highest BCUT2D eigenvalue weighted by molar-refractivity contribution is 14.1. The van der Waals surface area contributed by atoms with E-state index in [4.69, 9.17) is 4.42 Å². The number of aryl methyl sites for hydroxylation is 2. The van der Waals surface area contributed by atoms with Crippen molar-refractivity contribution < 1.29 is 4.42 Å². The zero-order chi connectivity index (χ0) is 13.0. The molecule has 0 saturated carbocycles. The largest absolute Gasteiger partial charge is 0.469 e. The predicted molar refractivity (Wildman–Crippen MR) is 84.0 cm³/mol. The molecule has 2 nitrogen and oxygen atoms in total. The lowest BCUT2D eigenvalue weighted by Gasteiger charge is -2.16. The lowest BCUT2D eigenvalue weighted by Crippen LogP contribution is -2.16. The number of hydrogen-bond donors (Lipinski definition) is 1. The molecule has 1 unspecified atom stereocenters. The number of halogens is 1. The third-order valence-electron chi connectivity index (χ3n) is 2.99. The van der Waals surface area contributed by atoms with Crippen molar-refractivity contribution in [2.45, 2.75) is 32.7 Å². The van der Waals surface area contributed by atoms with Gasteiger partial charge in [0, 0.05) is 21.7 Å². The molecule has 1 aromatic carbocycles. The van der Waals surface area contributed by atoms with Crippen LogP contribution in [0.4, 0.5) is 5.69 Å². The van der Waals surface area contributed by atoms with Crippen LogP contribution in [0.5, 0.6) is 0 Å². The second kappa shape index (κ2) is 6.27. The molecule has 0 aliphatic carbocycles. The van der Waals surface area contributed by atoms with Crippen LogP contribution in [0.2, 0.25) is 0 Å². The van der Waals surface area contributed by atoms with Crippen LogP contribution in [-0.2, 0) is 6.42 Å². The number of rotatable bonds is 5. The normalized spacial score (nSPS) is 12.4. The Morgan fingerprint density at radius 1 is 1.33 bits per heavy atom. The van der Waals surface area contributed by atoms with Gasteiger partial charge in [0.05, 0.1) is 6.26 Å². The summed E-state index contributed by atoms with van der Waals surface area (Å²) in [6, 6.07) is 10.9. The molecule has 1 heterocycles. The zero-order valence-corrected chi connectivity index (χ0v) is 12.9. The lowest BCUT2D eigenvalue weighted by atomic mass is 10.1. The Morgan fingerprint density at radius 3 is 2.83 bits per heavy atom. The maximum absolute atomic E-state index is 5.34. The summed E-state index contributed by atoms with van der Waals surface area (Å²) in [4.78, 5) is 0. The van der Waals surface area contributed by atoms with E-state index in [1.54, 1.807) is 6.26 Å². The van der Waals surface area contributed by atoms with E-state index in [-0.39, 0.29) is 0 Å². The Bertz CT molecular complexity index is 493. The second-order valence-electron chi connectivity index (χ2n) is 4.62. The summed E-state index contributed by atoms with van der Waals surface area (Å²) in [6.45, 7) is 4.35. The zero-order valence-electron chi connectivity index (χ0n) is 10.7. The molecule has 0 amide bonds. The van der Waals surface area contributed by atoms with Gasteiger partial charge in [0.1, 0.15) is 5.76 Å². The smallest absolute Gasteiger partial charge is 0.103 e. The molecular weight excluding hydrogens is 337 g/mol. The summed E-state index contributed by atoms with van der Waals surface area (Å²) >= 11 is 2.34. The van der Waals surface area contributed by atoms with Crippen molar-refractivity contribution in [2.75, 3.05) is 5.32 Å². The highest BCUT2D eigenvalue weighted by Gasteiger charge is 2.06. The molecule has 0 aliphatic rings. The van der Waals surface area contributed by atoms with E-state index < -0.39 is 0 Å². The van der Waals surface area contributed by atoms with E-state index in [1.807, 2.05) is 12.1 Å². The van der Waals surface area contributed by atoms with Gasteiger partial charge in [-0.2, -0.15) is 0 Å². The van der Waals surface area contributed by atoms with E-state index in [9.17, 15) is 0 Å². The topological polar surface area (TPSA) is 25.2 Å². The van der Waals surface area contributed by atoms with Gasteiger partial charge >= 0.3 is 0 Å². The Kier molecular flexibility index (Phi) is 4.69. The fourth-order valence-electron chi connectivity index (χ4n) is 1.94. The van der Waals surface area contributed by atoms with Crippen molar-refractivity contribution in [3.05, 3.63) is 51.5 Å². The van der Waals surface area contributed by atoms with Crippen LogP contribution in [0, 0.1) is 10.5 Å². The second-order valence-corrected chi connectivity index (χ2v) is 5.87. The minimum Gasteiger partial charge on any atom is -0.469 e. The SMILES string of the molecule is Cc1cc(I)ccc1NC(C)CCc1ccco1. The Morgan fingerprint density at radius 2 is 2.17 bits per heavy atom. The van der Waals surface area contributed by atoms with Crippen molar-refractivity contribution >= 4 is 28.3 Å². The average Bonchev–Trinajstić information content (AvgIpc) is 2.83. The lowest BCUT2D eigenvalue weighted by molar-refractivity contribution is 0.495. The van der Waals surface area contributed by atoms with Gasteiger partial charge in [-0.1, -0.05) is 0 Å². The molecule has 0 radical (unpaired) electrons. The summed E-state index contributed by atoms with van der Waals surface area (Å²) < 4.78 is 6.62. The molecule has 1 N–H and O–H groups in total. The third kappa shape index (κ3) is 3.77. The molecule has 18 heavy (non-hydrogen) atoms. The molecule has 2 rings (SSSR count). The molecule has 0 saturated heterocycles. The van der Waals surface area contributed by atoms with Gasteiger partial charge in [-0.15, -0.1) is 0 Å². The van der Waals surface area contributed by atoms with Crippen molar-refractivity contribution in [2.24, 2.45) is 0 Å². The molecular formula is C15H18INO. The number of hydrogen-bond acceptors (Lipinski definition) is 2. The van der Waals surface area contributed by atoms with Crippen LogP contribution in [-0.4, -0.2) is 6.04 Å². The average molecular weight is 355 g/mol. The quantitative estimate of drug-likeness (QED) is 0.792. The summed E-state index contributed by atoms with van der Waals surface area (Å²) in [5, 5.41) is 3.55. The Hall–Kier alpha value is -0.970. The number of furan rings is 1. The van der Waals surface area contributed by atoms with E-state index in [2.05, 4.69) is 60.0 Å². The standard InChI is InChI=1S/C15H18INO/c1-11-10-13(16)6-8-15(11)17-12(2)5-7-14-4-3-9-18-14/h3-4,6,8-10,12,17H,5,7H2,1-2H3. The highest BCUT2D eigenvalue weighted by atomic mass is 127. The van der Waals surface area contributed by atoms with Gasteiger partial charge in [0.2, 0.25) is 0 Å². The van der Waals surface area contributed by atoms with Gasteiger partial charge in [-0.05, 0) is 78.8 Å². The fraction of sp³-hybridized carbons (Fsp3) is 0.333. The maximum atomic E-state index is 5.34. The first-order chi connectivity index (χ1) is 8.65. The van der Waals surface area contributed by atoms with Crippen molar-refractivity contribution in [1.29, 1.82) is 0 Å². The molecule has 1 atom stereocenters. The molecule has 0 spiro atoms. The van der Waals surface area contributed by atoms with Gasteiger partial charge in [-0.3, -0.25) is 0 Å². The van der Waals surface area contributed by atoms with Gasteiger partial charge in [-0.25, -0.2) is 0 Å². The maximum Gasteiger partial charge on any atom is 0.103 e. The fourth-order valence-corrected chi connectivity index (χ4v) is 2.59. The van der Waals surface area contributed by atoms with Crippen LogP contribution >= 0.6 is 22.6 Å². The van der Waals surface area contributed by atoms with Crippen LogP contribution in [0.15, 0.2) is 41.0 Å². The van der Waals surface area contributed by atoms with E-state index in [0.29, 0.717) is 6.04 Å².